The van der Waals surface area contributed by atoms with Gasteiger partial charge in [-0.1, -0.05) is 52.0 Å². The van der Waals surface area contributed by atoms with Crippen LogP contribution in [0.2, 0.25) is 0 Å². The zero-order valence-corrected chi connectivity index (χ0v) is 75.5. The number of hydrogen-bond acceptors (Lipinski definition) is 28. The number of likely N-dealkylation sites (tertiary alicyclic amines) is 1. The lowest BCUT2D eigenvalue weighted by Crippen LogP contribution is -2.63. The first-order valence-electron chi connectivity index (χ1n) is 43.5. The molecule has 0 bridgehead atoms. The van der Waals surface area contributed by atoms with E-state index >= 15 is 0 Å². The summed E-state index contributed by atoms with van der Waals surface area (Å²) in [6.45, 7) is 10.5. The maximum absolute atomic E-state index is 14.4. The van der Waals surface area contributed by atoms with Crippen LogP contribution >= 0.6 is 0 Å². The molecule has 50 heteroatoms. The number of nitrogens with zero attached hydrogens (tertiary/aromatic N) is 1. The predicted octanol–water partition coefficient (Wildman–Crippen LogP) is -7.94. The van der Waals surface area contributed by atoms with E-state index in [2.05, 4.69) is 90.4 Å². The van der Waals surface area contributed by atoms with Gasteiger partial charge in [0.1, 0.15) is 102 Å². The standard InChI is InChI=1S/C84H125N19O31/c1-39(2)65(79(128)91-43(7)84(133)134)99-72(121)52(25-28-61(110)111)94-75(124)55(34-46-17-21-48(106)22-18-46)98-76(125)57(36-64(116)117)93-60(109)38-88-78(127)58-16-13-33-103(58)83(132)42(6)90-69(118)41(5)89-81(130)67(44(8)104)101-74(123)54(27-30-63(114)115)95-80(129)66(40(3)4)100-73(122)53(26-29-62(112)113)96-82(131)68(45(9)105)102-77(126)56(35-47-19-23-49(107)24-20-47)97-71(120)51(14-10-11-31-85)92-59(108)37-87-70(119)50-15-12-32-86-50/h17-24,39-45,50-58,65-68,86,104-107H,10-16,25-38,85H2,1-9H3,(H,87,119)(H,88,127)(H,89,130)(H,90,118)(H,91,128)(H,92,108)(H,93,109)(H,94,124)(H,95,129)(H,96,131)(H,97,120)(H,98,125)(H,99,121)(H,100,122)(H,101,123)(H,102,126)(H,110,111)(H,112,113)(H,114,115)(H,116,117)(H,133,134)/t41-,42-,43-,44+,45+,50-,51-,52-,53-,54-,55-,56-,57-,58-,65-,66-,67-,68-/m0/s1. The van der Waals surface area contributed by atoms with Gasteiger partial charge < -0.3 is 147 Å². The van der Waals surface area contributed by atoms with Crippen LogP contribution in [0.5, 0.6) is 11.5 Å². The number of carbonyl (C=O) groups is 22. The van der Waals surface area contributed by atoms with Gasteiger partial charge in [0, 0.05) is 38.6 Å². The highest BCUT2D eigenvalue weighted by Gasteiger charge is 2.42. The van der Waals surface area contributed by atoms with E-state index in [4.69, 9.17) is 5.73 Å². The number of aliphatic hydroxyl groups excluding tert-OH is 2. The van der Waals surface area contributed by atoms with Crippen molar-refractivity contribution in [3.05, 3.63) is 59.7 Å². The molecule has 4 rings (SSSR count). The van der Waals surface area contributed by atoms with Crippen LogP contribution in [0.4, 0.5) is 0 Å². The number of phenolic OH excluding ortho intramolecular Hbond substituents is 2. The number of phenols is 2. The van der Waals surface area contributed by atoms with Crippen LogP contribution in [-0.4, -0.2) is 323 Å². The Morgan fingerprint density at radius 3 is 1.15 bits per heavy atom. The SMILES string of the molecule is CC(C)[C@H](NC(=O)[C@H](CCC(=O)O)NC(=O)[C@H](Cc1ccc(O)cc1)NC(=O)[C@H](CC(=O)O)NC(=O)CNC(=O)[C@@H]1CCCN1C(=O)[C@H](C)NC(=O)[C@H](C)NC(=O)[C@@H](NC(=O)[C@H](CCC(=O)O)NC(=O)[C@@H](NC(=O)[C@H](CCC(=O)O)NC(=O)[C@@H](NC(=O)[C@H](Cc1ccc(O)cc1)NC(=O)[C@H](CCCCN)NC(=O)CNC(=O)[C@@H]1CCCN1)[C@@H](C)O)C(C)C)[C@@H](C)O)C(=O)N[C@@H](C)C(=O)O. The number of rotatable bonds is 57. The first kappa shape index (κ1) is 113. The highest BCUT2D eigenvalue weighted by Crippen LogP contribution is 2.21. The molecule has 0 aliphatic carbocycles. The highest BCUT2D eigenvalue weighted by atomic mass is 16.4. The lowest BCUT2D eigenvalue weighted by Gasteiger charge is -2.30. The molecule has 0 unspecified atom stereocenters. The van der Waals surface area contributed by atoms with Crippen molar-refractivity contribution >= 4 is 130 Å². The Hall–Kier alpha value is -13.8. The third-order valence-electron chi connectivity index (χ3n) is 21.4. The fraction of sp³-hybridized carbons (Fsp3) is 0.595. The normalized spacial score (nSPS) is 17.0. The molecule has 742 valence electrons. The first-order chi connectivity index (χ1) is 62.9. The van der Waals surface area contributed by atoms with E-state index in [1.54, 1.807) is 0 Å². The van der Waals surface area contributed by atoms with Crippen molar-refractivity contribution in [1.82, 2.24) is 95.3 Å². The van der Waals surface area contributed by atoms with Crippen molar-refractivity contribution in [3.8, 4) is 11.5 Å². The van der Waals surface area contributed by atoms with Crippen molar-refractivity contribution in [2.24, 2.45) is 17.6 Å². The molecule has 0 aromatic heterocycles. The number of aromatic hydroxyl groups is 2. The molecule has 17 amide bonds. The molecule has 2 aromatic carbocycles. The van der Waals surface area contributed by atoms with Gasteiger partial charge in [-0.25, -0.2) is 0 Å². The van der Waals surface area contributed by atoms with Crippen molar-refractivity contribution in [1.29, 1.82) is 0 Å². The van der Waals surface area contributed by atoms with Crippen molar-refractivity contribution in [2.45, 2.75) is 274 Å². The van der Waals surface area contributed by atoms with Gasteiger partial charge in [0.05, 0.1) is 37.8 Å². The van der Waals surface area contributed by atoms with Crippen LogP contribution in [-0.2, 0) is 118 Å². The van der Waals surface area contributed by atoms with Crippen LogP contribution in [0.3, 0.4) is 0 Å². The second kappa shape index (κ2) is 55.5. The minimum absolute atomic E-state index is 0.00908. The Kier molecular flexibility index (Phi) is 46.6. The molecule has 2 aliphatic rings. The fourth-order valence-corrected chi connectivity index (χ4v) is 13.8. The summed E-state index contributed by atoms with van der Waals surface area (Å²) in [5.74, 6) is -27.9. The van der Waals surface area contributed by atoms with Crippen LogP contribution < -0.4 is 96.1 Å². The van der Waals surface area contributed by atoms with Gasteiger partial charge in [0.15, 0.2) is 0 Å². The van der Waals surface area contributed by atoms with Gasteiger partial charge in [-0.05, 0) is 159 Å². The second-order valence-corrected chi connectivity index (χ2v) is 33.2. The molecule has 28 N–H and O–H groups in total. The molecule has 2 aromatic rings. The molecule has 0 saturated carbocycles. The van der Waals surface area contributed by atoms with Gasteiger partial charge in [0.25, 0.3) is 0 Å². The fourth-order valence-electron chi connectivity index (χ4n) is 13.8. The number of carbonyl (C=O) groups excluding carboxylic acids is 17. The van der Waals surface area contributed by atoms with E-state index in [1.165, 1.54) is 83.1 Å². The summed E-state index contributed by atoms with van der Waals surface area (Å²) in [7, 11) is 0. The number of aliphatic carboxylic acids is 5. The summed E-state index contributed by atoms with van der Waals surface area (Å²) < 4.78 is 0. The number of carboxylic acid groups (broad SMARTS) is 5. The van der Waals surface area contributed by atoms with Crippen molar-refractivity contribution in [3.63, 3.8) is 0 Å². The Morgan fingerprint density at radius 1 is 0.381 bits per heavy atom. The van der Waals surface area contributed by atoms with Gasteiger partial charge in [-0.3, -0.25) is 105 Å². The van der Waals surface area contributed by atoms with Crippen LogP contribution in [0.1, 0.15) is 163 Å². The number of nitrogens with one attached hydrogen (secondary N) is 17. The van der Waals surface area contributed by atoms with Crippen LogP contribution in [0, 0.1) is 11.8 Å². The zero-order chi connectivity index (χ0) is 101. The number of nitrogens with two attached hydrogens (primary N) is 1. The maximum atomic E-state index is 14.4. The molecule has 50 nitrogen and oxygen atoms in total. The lowest BCUT2D eigenvalue weighted by molar-refractivity contribution is -0.142. The summed E-state index contributed by atoms with van der Waals surface area (Å²) in [6.07, 6.45) is -7.99. The Balaban J connectivity index is 1.45. The summed E-state index contributed by atoms with van der Waals surface area (Å²) in [4.78, 5) is 296. The molecule has 0 spiro atoms. The molecular weight excluding hydrogens is 1770 g/mol. The second-order valence-electron chi connectivity index (χ2n) is 33.2. The van der Waals surface area contributed by atoms with E-state index < -0.39 is 315 Å². The third-order valence-corrected chi connectivity index (χ3v) is 21.4. The smallest absolute Gasteiger partial charge is 0.325 e. The quantitative estimate of drug-likeness (QED) is 0.0274. The van der Waals surface area contributed by atoms with Gasteiger partial charge in [-0.2, -0.15) is 0 Å². The Morgan fingerprint density at radius 2 is 0.739 bits per heavy atom. The molecular formula is C84H125N19O31. The molecule has 2 saturated heterocycles. The van der Waals surface area contributed by atoms with Gasteiger partial charge in [0.2, 0.25) is 100 Å². The molecule has 2 heterocycles. The summed E-state index contributed by atoms with van der Waals surface area (Å²) in [5, 5.41) is 131. The number of hydrogen-bond donors (Lipinski definition) is 27. The number of unbranched alkanes of at least 4 members (excludes halogenated alkanes) is 1. The molecule has 2 aliphatic heterocycles. The highest BCUT2D eigenvalue weighted by molar-refractivity contribution is 6.02. The van der Waals surface area contributed by atoms with E-state index in [-0.39, 0.29) is 55.8 Å². The minimum Gasteiger partial charge on any atom is -0.508 e. The van der Waals surface area contributed by atoms with E-state index in [9.17, 15) is 151 Å². The minimum atomic E-state index is -2.02. The zero-order valence-electron chi connectivity index (χ0n) is 75.5. The van der Waals surface area contributed by atoms with E-state index in [0.717, 1.165) is 39.0 Å². The average molecular weight is 1900 g/mol. The molecule has 2 fully saturated rings. The van der Waals surface area contributed by atoms with Crippen LogP contribution in [0.25, 0.3) is 0 Å². The van der Waals surface area contributed by atoms with Crippen molar-refractivity contribution in [2.75, 3.05) is 32.7 Å². The summed E-state index contributed by atoms with van der Waals surface area (Å²) >= 11 is 0. The number of aliphatic hydroxyl groups is 2. The average Bonchev–Trinajstić information content (AvgIpc) is 1.37. The monoisotopic (exact) mass is 1900 g/mol. The number of amides is 17. The Labute approximate surface area is 769 Å². The summed E-state index contributed by atoms with van der Waals surface area (Å²) in [5.41, 5.74) is 6.28. The van der Waals surface area contributed by atoms with E-state index in [1.807, 2.05) is 0 Å². The molecule has 18 atom stereocenters. The summed E-state index contributed by atoms with van der Waals surface area (Å²) in [6, 6.07) is -15.5. The predicted molar refractivity (Wildman–Crippen MR) is 466 cm³/mol. The Bertz CT molecular complexity index is 4490. The topological polar surface area (TPSA) is 791 Å². The van der Waals surface area contributed by atoms with Crippen LogP contribution in [0.15, 0.2) is 48.5 Å². The lowest BCUT2D eigenvalue weighted by atomic mass is 10.00. The van der Waals surface area contributed by atoms with Crippen molar-refractivity contribution < 1.29 is 151 Å². The first-order valence-corrected chi connectivity index (χ1v) is 43.5. The maximum Gasteiger partial charge on any atom is 0.325 e. The van der Waals surface area contributed by atoms with E-state index in [0.29, 0.717) is 31.4 Å². The third kappa shape index (κ3) is 38.6. The number of benzene rings is 2. The van der Waals surface area contributed by atoms with Gasteiger partial charge >= 0.3 is 29.8 Å². The molecule has 0 radical (unpaired) electrons. The van der Waals surface area contributed by atoms with Gasteiger partial charge in [-0.15, -0.1) is 0 Å². The number of carboxylic acids is 5. The largest absolute Gasteiger partial charge is 0.508 e. The molecule has 134 heavy (non-hydrogen) atoms.